The summed E-state index contributed by atoms with van der Waals surface area (Å²) in [6.45, 7) is 11.1. The average Bonchev–Trinajstić information content (AvgIpc) is 3.06. The number of imidazole rings is 1. The summed E-state index contributed by atoms with van der Waals surface area (Å²) in [5.41, 5.74) is 1.86. The van der Waals surface area contributed by atoms with Crippen molar-refractivity contribution in [1.82, 2.24) is 19.1 Å². The Morgan fingerprint density at radius 1 is 1.19 bits per heavy atom. The molecule has 172 valence electrons. The van der Waals surface area contributed by atoms with E-state index in [2.05, 4.69) is 9.97 Å². The second kappa shape index (κ2) is 9.97. The van der Waals surface area contributed by atoms with Gasteiger partial charge in [-0.15, -0.1) is 0 Å². The molecule has 0 spiro atoms. The number of rotatable bonds is 9. The molecule has 0 atom stereocenters. The molecule has 0 amide bonds. The highest BCUT2D eigenvalue weighted by atomic mass is 16.5. The number of nitrogens with one attached hydrogen (secondary N) is 1. The first-order valence-corrected chi connectivity index (χ1v) is 11.2. The number of hydrogen-bond acceptors (Lipinski definition) is 5. The quantitative estimate of drug-likeness (QED) is 0.406. The fourth-order valence-electron chi connectivity index (χ4n) is 3.80. The van der Waals surface area contributed by atoms with Crippen LogP contribution >= 0.6 is 0 Å². The van der Waals surface area contributed by atoms with E-state index in [1.54, 1.807) is 6.07 Å². The van der Waals surface area contributed by atoms with E-state index in [0.717, 1.165) is 24.0 Å². The van der Waals surface area contributed by atoms with Gasteiger partial charge in [-0.3, -0.25) is 19.1 Å². The van der Waals surface area contributed by atoms with Crippen LogP contribution in [0.25, 0.3) is 11.2 Å². The van der Waals surface area contributed by atoms with E-state index < -0.39 is 11.2 Å². The minimum absolute atomic E-state index is 0.117. The van der Waals surface area contributed by atoms with Crippen LogP contribution in [0.4, 0.5) is 0 Å². The first kappa shape index (κ1) is 23.5. The molecule has 8 nitrogen and oxygen atoms in total. The average molecular weight is 441 g/mol. The number of fused-ring (bicyclic) bond motifs is 1. The van der Waals surface area contributed by atoms with Crippen molar-refractivity contribution in [2.45, 2.75) is 73.4 Å². The summed E-state index contributed by atoms with van der Waals surface area (Å²) in [6.07, 6.45) is 2.14. The van der Waals surface area contributed by atoms with Crippen molar-refractivity contribution >= 4 is 17.1 Å². The Morgan fingerprint density at radius 2 is 1.94 bits per heavy atom. The highest BCUT2D eigenvalue weighted by Gasteiger charge is 2.20. The van der Waals surface area contributed by atoms with Gasteiger partial charge in [0.1, 0.15) is 11.6 Å². The van der Waals surface area contributed by atoms with E-state index in [1.165, 1.54) is 4.57 Å². The maximum absolute atomic E-state index is 12.7. The lowest BCUT2D eigenvalue weighted by Gasteiger charge is -2.12. The number of benzene rings is 1. The normalized spacial score (nSPS) is 11.4. The molecule has 1 N–H and O–H groups in total. The summed E-state index contributed by atoms with van der Waals surface area (Å²) in [5.74, 6) is 1.04. The van der Waals surface area contributed by atoms with Gasteiger partial charge >= 0.3 is 11.7 Å². The Bertz CT molecular complexity index is 1230. The zero-order valence-corrected chi connectivity index (χ0v) is 19.5. The Hall–Kier alpha value is -3.16. The largest absolute Gasteiger partial charge is 0.426 e. The molecule has 0 unspecified atom stereocenters. The van der Waals surface area contributed by atoms with E-state index in [-0.39, 0.29) is 18.3 Å². The number of H-pyrrole nitrogens is 1. The smallest absolute Gasteiger partial charge is 0.330 e. The van der Waals surface area contributed by atoms with Gasteiger partial charge in [-0.1, -0.05) is 44.9 Å². The number of esters is 1. The molecule has 0 saturated carbocycles. The summed E-state index contributed by atoms with van der Waals surface area (Å²) in [5, 5.41) is 0. The van der Waals surface area contributed by atoms with Gasteiger partial charge in [0, 0.05) is 19.5 Å². The Kier molecular flexibility index (Phi) is 7.33. The monoisotopic (exact) mass is 440 g/mol. The summed E-state index contributed by atoms with van der Waals surface area (Å²) in [4.78, 5) is 44.7. The summed E-state index contributed by atoms with van der Waals surface area (Å²) >= 11 is 0. The minimum Gasteiger partial charge on any atom is -0.426 e. The van der Waals surface area contributed by atoms with Crippen LogP contribution in [-0.4, -0.2) is 25.1 Å². The lowest BCUT2D eigenvalue weighted by molar-refractivity contribution is -0.134. The van der Waals surface area contributed by atoms with Crippen LogP contribution < -0.4 is 16.0 Å². The second-order valence-electron chi connectivity index (χ2n) is 8.71. The molecule has 1 aromatic carbocycles. The van der Waals surface area contributed by atoms with Gasteiger partial charge < -0.3 is 9.30 Å². The standard InChI is InChI=1S/C24H32N4O4/c1-6-7-12-27-22-21(23(30)26-24(27)31)28(14-15(2)3)19(25-22)10-11-20(29)32-18-9-8-16(4)13-17(18)5/h8-9,13,15H,6-7,10-12,14H2,1-5H3,(H,26,30,31). The van der Waals surface area contributed by atoms with E-state index >= 15 is 0 Å². The molecule has 3 rings (SSSR count). The van der Waals surface area contributed by atoms with E-state index in [0.29, 0.717) is 42.2 Å². The van der Waals surface area contributed by atoms with Crippen LogP contribution in [0.3, 0.4) is 0 Å². The van der Waals surface area contributed by atoms with Gasteiger partial charge in [0.2, 0.25) is 0 Å². The van der Waals surface area contributed by atoms with Gasteiger partial charge in [0.05, 0.1) is 6.42 Å². The predicted molar refractivity (Wildman–Crippen MR) is 124 cm³/mol. The van der Waals surface area contributed by atoms with Gasteiger partial charge in [-0.25, -0.2) is 9.78 Å². The number of carbonyl (C=O) groups is 1. The number of ether oxygens (including phenoxy) is 1. The van der Waals surface area contributed by atoms with Crippen molar-refractivity contribution in [2.75, 3.05) is 0 Å². The third kappa shape index (κ3) is 5.18. The van der Waals surface area contributed by atoms with Gasteiger partial charge in [0.25, 0.3) is 5.56 Å². The lowest BCUT2D eigenvalue weighted by Crippen LogP contribution is -2.31. The summed E-state index contributed by atoms with van der Waals surface area (Å²) in [6, 6.07) is 5.66. The van der Waals surface area contributed by atoms with Gasteiger partial charge in [-0.2, -0.15) is 0 Å². The number of carbonyl (C=O) groups excluding carboxylic acids is 1. The molecule has 3 aromatic rings. The van der Waals surface area contributed by atoms with E-state index in [1.807, 2.05) is 51.3 Å². The molecule has 32 heavy (non-hydrogen) atoms. The van der Waals surface area contributed by atoms with Crippen LogP contribution in [0.5, 0.6) is 5.75 Å². The van der Waals surface area contributed by atoms with Gasteiger partial charge in [0.15, 0.2) is 11.2 Å². The SMILES string of the molecule is CCCCn1c(=O)[nH]c(=O)c2c1nc(CCC(=O)Oc1ccc(C)cc1C)n2CC(C)C. The molecule has 0 fully saturated rings. The Balaban J connectivity index is 1.92. The van der Waals surface area contributed by atoms with E-state index in [4.69, 9.17) is 4.74 Å². The number of nitrogens with zero attached hydrogens (tertiary/aromatic N) is 3. The van der Waals surface area contributed by atoms with Crippen molar-refractivity contribution in [2.24, 2.45) is 5.92 Å². The molecule has 0 aliphatic carbocycles. The van der Waals surface area contributed by atoms with E-state index in [9.17, 15) is 14.4 Å². The molecule has 8 heteroatoms. The number of aryl methyl sites for hydroxylation is 4. The first-order chi connectivity index (χ1) is 15.2. The maximum atomic E-state index is 12.7. The van der Waals surface area contributed by atoms with Crippen LogP contribution in [-0.2, 0) is 24.3 Å². The molecule has 0 saturated heterocycles. The highest BCUT2D eigenvalue weighted by molar-refractivity contribution is 5.74. The molecule has 2 heterocycles. The number of unbranched alkanes of at least 4 members (excludes halogenated alkanes) is 1. The van der Waals surface area contributed by atoms with Crippen LogP contribution in [0, 0.1) is 19.8 Å². The Labute approximate surface area is 187 Å². The minimum atomic E-state index is -0.453. The third-order valence-corrected chi connectivity index (χ3v) is 5.35. The molecule has 0 aliphatic heterocycles. The van der Waals surface area contributed by atoms with Crippen LogP contribution in [0.15, 0.2) is 27.8 Å². The summed E-state index contributed by atoms with van der Waals surface area (Å²) < 4.78 is 8.90. The lowest BCUT2D eigenvalue weighted by atomic mass is 10.1. The Morgan fingerprint density at radius 3 is 2.59 bits per heavy atom. The molecule has 0 radical (unpaired) electrons. The number of hydrogen-bond donors (Lipinski definition) is 1. The topological polar surface area (TPSA) is 99.0 Å². The van der Waals surface area contributed by atoms with Crippen molar-refractivity contribution in [1.29, 1.82) is 0 Å². The van der Waals surface area contributed by atoms with Crippen LogP contribution in [0.1, 0.15) is 57.0 Å². The first-order valence-electron chi connectivity index (χ1n) is 11.2. The zero-order chi connectivity index (χ0) is 23.4. The van der Waals surface area contributed by atoms with Crippen molar-refractivity contribution < 1.29 is 9.53 Å². The molecular weight excluding hydrogens is 408 g/mol. The van der Waals surface area contributed by atoms with Crippen LogP contribution in [0.2, 0.25) is 0 Å². The predicted octanol–water partition coefficient (Wildman–Crippen LogP) is 3.50. The maximum Gasteiger partial charge on any atom is 0.330 e. The molecule has 0 bridgehead atoms. The van der Waals surface area contributed by atoms with Gasteiger partial charge in [-0.05, 0) is 37.8 Å². The second-order valence-corrected chi connectivity index (χ2v) is 8.71. The zero-order valence-electron chi connectivity index (χ0n) is 19.5. The summed E-state index contributed by atoms with van der Waals surface area (Å²) in [7, 11) is 0. The van der Waals surface area contributed by atoms with Crippen molar-refractivity contribution in [3.63, 3.8) is 0 Å². The number of aromatic amines is 1. The fourth-order valence-corrected chi connectivity index (χ4v) is 3.80. The molecule has 2 aromatic heterocycles. The molecule has 0 aliphatic rings. The highest BCUT2D eigenvalue weighted by Crippen LogP contribution is 2.20. The molecular formula is C24H32N4O4. The third-order valence-electron chi connectivity index (χ3n) is 5.35. The van der Waals surface area contributed by atoms with Crippen molar-refractivity contribution in [3.05, 3.63) is 56.0 Å². The van der Waals surface area contributed by atoms with Crippen molar-refractivity contribution in [3.8, 4) is 5.75 Å². The fraction of sp³-hybridized carbons (Fsp3) is 0.500. The number of aromatic nitrogens is 4.